The number of esters is 1. The number of anilines is 1. The number of nitrogens with two attached hydrogens (primary N) is 1. The number of hydrogen-bond acceptors (Lipinski definition) is 5. The second-order valence-corrected chi connectivity index (χ2v) is 5.92. The number of nitrogens with zero attached hydrogens (tertiary/aromatic N) is 1. The van der Waals surface area contributed by atoms with E-state index in [4.69, 9.17) is 10.5 Å². The predicted octanol–water partition coefficient (Wildman–Crippen LogP) is 2.44. The Labute approximate surface area is 122 Å². The largest absolute Gasteiger partial charge is 0.462 e. The molecule has 1 aliphatic rings. The van der Waals surface area contributed by atoms with E-state index in [2.05, 4.69) is 0 Å². The molecule has 0 saturated carbocycles. The SMILES string of the molecule is CCOC(=O)c1sc(N)c(C(=O)N2CCCCC2)c1C. The zero-order valence-corrected chi connectivity index (χ0v) is 12.7. The molecule has 0 aliphatic carbocycles. The van der Waals surface area contributed by atoms with Crippen LogP contribution in [0.25, 0.3) is 0 Å². The van der Waals surface area contributed by atoms with Crippen LogP contribution < -0.4 is 5.73 Å². The van der Waals surface area contributed by atoms with E-state index in [9.17, 15) is 9.59 Å². The lowest BCUT2D eigenvalue weighted by molar-refractivity contribution is 0.0531. The summed E-state index contributed by atoms with van der Waals surface area (Å²) in [5.41, 5.74) is 7.06. The second kappa shape index (κ2) is 6.26. The molecule has 2 heterocycles. The first kappa shape index (κ1) is 14.8. The Morgan fingerprint density at radius 1 is 1.30 bits per heavy atom. The van der Waals surface area contributed by atoms with Crippen molar-refractivity contribution in [2.24, 2.45) is 0 Å². The number of thiophene rings is 1. The van der Waals surface area contributed by atoms with Crippen LogP contribution in [0.2, 0.25) is 0 Å². The van der Waals surface area contributed by atoms with Crippen molar-refractivity contribution in [3.05, 3.63) is 16.0 Å². The summed E-state index contributed by atoms with van der Waals surface area (Å²) in [6.45, 7) is 5.36. The zero-order valence-electron chi connectivity index (χ0n) is 11.9. The van der Waals surface area contributed by atoms with Gasteiger partial charge in [0.1, 0.15) is 4.88 Å². The molecule has 110 valence electrons. The number of amides is 1. The van der Waals surface area contributed by atoms with Gasteiger partial charge >= 0.3 is 5.97 Å². The van der Waals surface area contributed by atoms with E-state index in [1.54, 1.807) is 13.8 Å². The minimum atomic E-state index is -0.403. The van der Waals surface area contributed by atoms with E-state index in [-0.39, 0.29) is 5.91 Å². The molecule has 1 saturated heterocycles. The molecule has 1 fully saturated rings. The van der Waals surface area contributed by atoms with Gasteiger partial charge in [0.2, 0.25) is 0 Å². The molecule has 5 nitrogen and oxygen atoms in total. The van der Waals surface area contributed by atoms with E-state index >= 15 is 0 Å². The molecular formula is C14H20N2O3S. The van der Waals surface area contributed by atoms with Crippen molar-refractivity contribution >= 4 is 28.2 Å². The van der Waals surface area contributed by atoms with Gasteiger partial charge in [0.15, 0.2) is 0 Å². The van der Waals surface area contributed by atoms with E-state index in [1.807, 2.05) is 4.90 Å². The third-order valence-electron chi connectivity index (χ3n) is 3.49. The molecule has 0 unspecified atom stereocenters. The van der Waals surface area contributed by atoms with Crippen LogP contribution in [-0.4, -0.2) is 36.5 Å². The summed E-state index contributed by atoms with van der Waals surface area (Å²) in [5.74, 6) is -0.467. The van der Waals surface area contributed by atoms with Crippen LogP contribution in [-0.2, 0) is 4.74 Å². The average Bonchev–Trinajstić information content (AvgIpc) is 2.75. The topological polar surface area (TPSA) is 72.6 Å². The smallest absolute Gasteiger partial charge is 0.348 e. The summed E-state index contributed by atoms with van der Waals surface area (Å²) in [5, 5.41) is 0.404. The minimum absolute atomic E-state index is 0.0634. The van der Waals surface area contributed by atoms with E-state index in [0.29, 0.717) is 27.6 Å². The zero-order chi connectivity index (χ0) is 14.7. The van der Waals surface area contributed by atoms with Crippen molar-refractivity contribution in [3.8, 4) is 0 Å². The standard InChI is InChI=1S/C14H20N2O3S/c1-3-19-14(18)11-9(2)10(12(15)20-11)13(17)16-7-5-4-6-8-16/h3-8,15H2,1-2H3. The van der Waals surface area contributed by atoms with Crippen LogP contribution in [0.1, 0.15) is 51.8 Å². The van der Waals surface area contributed by atoms with Crippen molar-refractivity contribution in [2.75, 3.05) is 25.4 Å². The van der Waals surface area contributed by atoms with Gasteiger partial charge in [0.25, 0.3) is 5.91 Å². The highest BCUT2D eigenvalue weighted by Crippen LogP contribution is 2.32. The van der Waals surface area contributed by atoms with Gasteiger partial charge in [-0.3, -0.25) is 4.79 Å². The summed E-state index contributed by atoms with van der Waals surface area (Å²) in [6.07, 6.45) is 3.22. The highest BCUT2D eigenvalue weighted by molar-refractivity contribution is 7.18. The maximum absolute atomic E-state index is 12.5. The number of ether oxygens (including phenoxy) is 1. The highest BCUT2D eigenvalue weighted by atomic mass is 32.1. The molecular weight excluding hydrogens is 276 g/mol. The van der Waals surface area contributed by atoms with Gasteiger partial charge in [-0.1, -0.05) is 0 Å². The summed E-state index contributed by atoms with van der Waals surface area (Å²) in [4.78, 5) is 26.6. The van der Waals surface area contributed by atoms with Crippen molar-refractivity contribution in [3.63, 3.8) is 0 Å². The molecule has 0 aromatic carbocycles. The molecule has 0 atom stereocenters. The third-order valence-corrected chi connectivity index (χ3v) is 4.59. The summed E-state index contributed by atoms with van der Waals surface area (Å²) >= 11 is 1.14. The predicted molar refractivity (Wildman–Crippen MR) is 79.2 cm³/mol. The molecule has 1 aliphatic heterocycles. The normalized spacial score (nSPS) is 15.2. The van der Waals surface area contributed by atoms with Gasteiger partial charge in [0.05, 0.1) is 17.2 Å². The number of hydrogen-bond donors (Lipinski definition) is 1. The number of piperidine rings is 1. The Morgan fingerprint density at radius 3 is 2.55 bits per heavy atom. The average molecular weight is 296 g/mol. The van der Waals surface area contributed by atoms with Crippen LogP contribution in [0.15, 0.2) is 0 Å². The molecule has 2 N–H and O–H groups in total. The summed E-state index contributed by atoms with van der Waals surface area (Å²) in [6, 6.07) is 0. The van der Waals surface area contributed by atoms with E-state index < -0.39 is 5.97 Å². The monoisotopic (exact) mass is 296 g/mol. The molecule has 1 aromatic rings. The lowest BCUT2D eigenvalue weighted by atomic mass is 10.1. The van der Waals surface area contributed by atoms with Crippen LogP contribution in [0, 0.1) is 6.92 Å². The van der Waals surface area contributed by atoms with Gasteiger partial charge in [-0.05, 0) is 38.7 Å². The van der Waals surface area contributed by atoms with Gasteiger partial charge in [0, 0.05) is 13.1 Å². The van der Waals surface area contributed by atoms with Crippen molar-refractivity contribution in [1.82, 2.24) is 4.90 Å². The first-order valence-corrected chi connectivity index (χ1v) is 7.73. The van der Waals surface area contributed by atoms with Crippen molar-refractivity contribution in [2.45, 2.75) is 33.1 Å². The van der Waals surface area contributed by atoms with Gasteiger partial charge in [-0.15, -0.1) is 11.3 Å². The van der Waals surface area contributed by atoms with Crippen LogP contribution in [0.4, 0.5) is 5.00 Å². The minimum Gasteiger partial charge on any atom is -0.462 e. The fourth-order valence-corrected chi connectivity index (χ4v) is 3.41. The van der Waals surface area contributed by atoms with Gasteiger partial charge in [-0.2, -0.15) is 0 Å². The molecule has 0 bridgehead atoms. The Balaban J connectivity index is 2.27. The molecule has 2 rings (SSSR count). The maximum atomic E-state index is 12.5. The number of carbonyl (C=O) groups is 2. The number of likely N-dealkylation sites (tertiary alicyclic amines) is 1. The fraction of sp³-hybridized carbons (Fsp3) is 0.571. The van der Waals surface area contributed by atoms with Crippen LogP contribution >= 0.6 is 11.3 Å². The molecule has 20 heavy (non-hydrogen) atoms. The number of nitrogen functional groups attached to an aromatic ring is 1. The lowest BCUT2D eigenvalue weighted by Gasteiger charge is -2.26. The number of carbonyl (C=O) groups excluding carboxylic acids is 2. The maximum Gasteiger partial charge on any atom is 0.348 e. The summed E-state index contributed by atoms with van der Waals surface area (Å²) in [7, 11) is 0. The van der Waals surface area contributed by atoms with Crippen LogP contribution in [0.5, 0.6) is 0 Å². The Kier molecular flexibility index (Phi) is 4.65. The van der Waals surface area contributed by atoms with Crippen molar-refractivity contribution in [1.29, 1.82) is 0 Å². The van der Waals surface area contributed by atoms with Crippen LogP contribution in [0.3, 0.4) is 0 Å². The molecule has 1 aromatic heterocycles. The molecule has 1 amide bonds. The first-order valence-electron chi connectivity index (χ1n) is 6.91. The molecule has 6 heteroatoms. The molecule has 0 radical (unpaired) electrons. The lowest BCUT2D eigenvalue weighted by Crippen LogP contribution is -2.36. The Morgan fingerprint density at radius 2 is 1.95 bits per heavy atom. The number of rotatable bonds is 3. The van der Waals surface area contributed by atoms with Crippen molar-refractivity contribution < 1.29 is 14.3 Å². The highest BCUT2D eigenvalue weighted by Gasteiger charge is 2.27. The molecule has 0 spiro atoms. The quantitative estimate of drug-likeness (QED) is 0.870. The second-order valence-electron chi connectivity index (χ2n) is 4.87. The van der Waals surface area contributed by atoms with E-state index in [1.165, 1.54) is 0 Å². The first-order chi connectivity index (χ1) is 9.56. The van der Waals surface area contributed by atoms with E-state index in [0.717, 1.165) is 43.7 Å². The fourth-order valence-electron chi connectivity index (χ4n) is 2.45. The summed E-state index contributed by atoms with van der Waals surface area (Å²) < 4.78 is 4.99. The van der Waals surface area contributed by atoms with Gasteiger partial charge in [-0.25, -0.2) is 4.79 Å². The Bertz CT molecular complexity index is 519. The van der Waals surface area contributed by atoms with Gasteiger partial charge < -0.3 is 15.4 Å². The third kappa shape index (κ3) is 2.80. The Hall–Kier alpha value is -1.56.